The number of carbonyl (C=O) groups is 1. The number of likely N-dealkylation sites (N-methyl/N-ethyl adjacent to an activating group) is 1. The van der Waals surface area contributed by atoms with Crippen LogP contribution in [0.15, 0.2) is 0 Å². The second kappa shape index (κ2) is 6.12. The van der Waals surface area contributed by atoms with Gasteiger partial charge in [-0.05, 0) is 19.9 Å². The summed E-state index contributed by atoms with van der Waals surface area (Å²) < 4.78 is 0. The molecular weight excluding hydrogens is 128 g/mol. The highest BCUT2D eigenvalue weighted by molar-refractivity contribution is 5.93. The Kier molecular flexibility index (Phi) is 5.50. The quantitative estimate of drug-likeness (QED) is 0.404. The maximum atomic E-state index is 10.6. The molecule has 0 aliphatic carbocycles. The maximum Gasteiger partial charge on any atom is 0.295 e. The average Bonchev–Trinajstić information content (AvgIpc) is 1.89. The monoisotopic (exact) mass is 140 g/mol. The number of rotatable bonds is 3. The number of amides is 1. The highest BCUT2D eigenvalue weighted by atomic mass is 16.1. The summed E-state index contributed by atoms with van der Waals surface area (Å²) in [5.74, 6) is 4.68. The average molecular weight is 140 g/mol. The molecule has 0 aliphatic heterocycles. The summed E-state index contributed by atoms with van der Waals surface area (Å²) in [7, 11) is 1.83. The normalized spacial score (nSPS) is 7.80. The predicted octanol–water partition coefficient (Wildman–Crippen LogP) is -0.655. The van der Waals surface area contributed by atoms with Crippen LogP contribution in [0.2, 0.25) is 0 Å². The molecule has 10 heavy (non-hydrogen) atoms. The van der Waals surface area contributed by atoms with Gasteiger partial charge in [0.15, 0.2) is 0 Å². The van der Waals surface area contributed by atoms with Crippen molar-refractivity contribution in [3.8, 4) is 11.8 Å². The molecule has 0 aliphatic rings. The van der Waals surface area contributed by atoms with E-state index in [0.29, 0.717) is 6.54 Å². The minimum Gasteiger partial charge on any atom is -0.344 e. The van der Waals surface area contributed by atoms with E-state index >= 15 is 0 Å². The molecule has 0 bridgehead atoms. The third-order valence-electron chi connectivity index (χ3n) is 0.899. The molecule has 0 aromatic carbocycles. The van der Waals surface area contributed by atoms with Gasteiger partial charge >= 0.3 is 0 Å². The lowest BCUT2D eigenvalue weighted by atomic mass is 10.5. The van der Waals surface area contributed by atoms with Crippen LogP contribution in [0.3, 0.4) is 0 Å². The van der Waals surface area contributed by atoms with E-state index in [2.05, 4.69) is 22.5 Å². The largest absolute Gasteiger partial charge is 0.344 e. The van der Waals surface area contributed by atoms with Crippen LogP contribution in [0.5, 0.6) is 0 Å². The molecule has 0 saturated carbocycles. The molecule has 0 rings (SSSR count). The Morgan fingerprint density at radius 2 is 2.20 bits per heavy atom. The second-order valence-electron chi connectivity index (χ2n) is 1.73. The lowest BCUT2D eigenvalue weighted by Crippen LogP contribution is -2.29. The zero-order valence-electron chi connectivity index (χ0n) is 6.32. The highest BCUT2D eigenvalue weighted by Gasteiger charge is 1.90. The molecule has 3 heteroatoms. The predicted molar refractivity (Wildman–Crippen MR) is 40.4 cm³/mol. The maximum absolute atomic E-state index is 10.6. The summed E-state index contributed by atoms with van der Waals surface area (Å²) in [5, 5.41) is 5.51. The molecule has 3 nitrogen and oxygen atoms in total. The van der Waals surface area contributed by atoms with Crippen LogP contribution < -0.4 is 10.6 Å². The minimum absolute atomic E-state index is 0.210. The summed E-state index contributed by atoms with van der Waals surface area (Å²) in [4.78, 5) is 10.6. The molecule has 0 spiro atoms. The SMILES string of the molecule is CC#CC(=O)NCCNC. The summed E-state index contributed by atoms with van der Waals surface area (Å²) in [6.07, 6.45) is 0. The van der Waals surface area contributed by atoms with Gasteiger partial charge in [0.1, 0.15) is 0 Å². The molecular formula is C7H12N2O. The fourth-order valence-corrected chi connectivity index (χ4v) is 0.459. The Balaban J connectivity index is 3.28. The van der Waals surface area contributed by atoms with E-state index in [1.54, 1.807) is 6.92 Å². The van der Waals surface area contributed by atoms with Crippen molar-refractivity contribution in [2.45, 2.75) is 6.92 Å². The molecule has 0 aromatic rings. The van der Waals surface area contributed by atoms with Gasteiger partial charge in [-0.25, -0.2) is 0 Å². The molecule has 2 N–H and O–H groups in total. The van der Waals surface area contributed by atoms with Crippen LogP contribution in [0.25, 0.3) is 0 Å². The van der Waals surface area contributed by atoms with Gasteiger partial charge in [0.2, 0.25) is 0 Å². The van der Waals surface area contributed by atoms with Gasteiger partial charge in [-0.15, -0.1) is 0 Å². The van der Waals surface area contributed by atoms with Crippen molar-refractivity contribution in [1.82, 2.24) is 10.6 Å². The molecule has 1 amide bonds. The van der Waals surface area contributed by atoms with Crippen molar-refractivity contribution in [3.05, 3.63) is 0 Å². The molecule has 0 aromatic heterocycles. The van der Waals surface area contributed by atoms with E-state index in [9.17, 15) is 4.79 Å². The second-order valence-corrected chi connectivity index (χ2v) is 1.73. The van der Waals surface area contributed by atoms with Crippen molar-refractivity contribution in [2.75, 3.05) is 20.1 Å². The molecule has 0 atom stereocenters. The number of hydrogen-bond acceptors (Lipinski definition) is 2. The standard InChI is InChI=1S/C7H12N2O/c1-3-4-7(10)9-6-5-8-2/h8H,5-6H2,1-2H3,(H,9,10). The lowest BCUT2D eigenvalue weighted by Gasteiger charge is -1.97. The lowest BCUT2D eigenvalue weighted by molar-refractivity contribution is -0.115. The smallest absolute Gasteiger partial charge is 0.295 e. The van der Waals surface area contributed by atoms with Gasteiger partial charge < -0.3 is 10.6 Å². The Morgan fingerprint density at radius 1 is 1.50 bits per heavy atom. The zero-order chi connectivity index (χ0) is 7.82. The fourth-order valence-electron chi connectivity index (χ4n) is 0.459. The number of carbonyl (C=O) groups excluding carboxylic acids is 1. The highest BCUT2D eigenvalue weighted by Crippen LogP contribution is 1.60. The summed E-state index contributed by atoms with van der Waals surface area (Å²) in [6, 6.07) is 0. The first-order valence-corrected chi connectivity index (χ1v) is 3.16. The van der Waals surface area contributed by atoms with E-state index < -0.39 is 0 Å². The van der Waals surface area contributed by atoms with E-state index in [1.807, 2.05) is 7.05 Å². The first-order valence-electron chi connectivity index (χ1n) is 3.16. The summed E-state index contributed by atoms with van der Waals surface area (Å²) in [5.41, 5.74) is 0. The fraction of sp³-hybridized carbons (Fsp3) is 0.571. The molecule has 0 radical (unpaired) electrons. The van der Waals surface area contributed by atoms with Crippen LogP contribution in [0.4, 0.5) is 0 Å². The molecule has 0 saturated heterocycles. The molecule has 0 heterocycles. The van der Waals surface area contributed by atoms with Crippen LogP contribution >= 0.6 is 0 Å². The van der Waals surface area contributed by atoms with Crippen molar-refractivity contribution in [1.29, 1.82) is 0 Å². The Bertz CT molecular complexity index is 155. The van der Waals surface area contributed by atoms with Crippen molar-refractivity contribution < 1.29 is 4.79 Å². The van der Waals surface area contributed by atoms with Crippen molar-refractivity contribution in [3.63, 3.8) is 0 Å². The van der Waals surface area contributed by atoms with Crippen LogP contribution in [-0.4, -0.2) is 26.0 Å². The third kappa shape index (κ3) is 5.13. The topological polar surface area (TPSA) is 41.1 Å². The summed E-state index contributed by atoms with van der Waals surface area (Å²) >= 11 is 0. The van der Waals surface area contributed by atoms with Gasteiger partial charge in [-0.2, -0.15) is 0 Å². The zero-order valence-corrected chi connectivity index (χ0v) is 6.32. The molecule has 56 valence electrons. The Morgan fingerprint density at radius 3 is 2.70 bits per heavy atom. The summed E-state index contributed by atoms with van der Waals surface area (Å²) in [6.45, 7) is 3.04. The van der Waals surface area contributed by atoms with E-state index in [-0.39, 0.29) is 5.91 Å². The van der Waals surface area contributed by atoms with Crippen molar-refractivity contribution >= 4 is 5.91 Å². The molecule has 0 unspecified atom stereocenters. The van der Waals surface area contributed by atoms with E-state index in [0.717, 1.165) is 6.54 Å². The Hall–Kier alpha value is -1.01. The van der Waals surface area contributed by atoms with Gasteiger partial charge in [0, 0.05) is 13.1 Å². The van der Waals surface area contributed by atoms with Gasteiger partial charge in [-0.3, -0.25) is 4.79 Å². The van der Waals surface area contributed by atoms with Gasteiger partial charge in [0.25, 0.3) is 5.91 Å². The van der Waals surface area contributed by atoms with E-state index in [1.165, 1.54) is 0 Å². The van der Waals surface area contributed by atoms with Crippen LogP contribution in [0.1, 0.15) is 6.92 Å². The number of hydrogen-bond donors (Lipinski definition) is 2. The number of nitrogens with one attached hydrogen (secondary N) is 2. The van der Waals surface area contributed by atoms with E-state index in [4.69, 9.17) is 0 Å². The van der Waals surface area contributed by atoms with Crippen LogP contribution in [-0.2, 0) is 4.79 Å². The minimum atomic E-state index is -0.210. The molecule has 0 fully saturated rings. The van der Waals surface area contributed by atoms with Gasteiger partial charge in [-0.1, -0.05) is 5.92 Å². The Labute approximate surface area is 61.2 Å². The first kappa shape index (κ1) is 8.99. The van der Waals surface area contributed by atoms with Gasteiger partial charge in [0.05, 0.1) is 0 Å². The van der Waals surface area contributed by atoms with Crippen LogP contribution in [0, 0.1) is 11.8 Å². The first-order chi connectivity index (χ1) is 4.81. The van der Waals surface area contributed by atoms with Crippen molar-refractivity contribution in [2.24, 2.45) is 0 Å². The third-order valence-corrected chi connectivity index (χ3v) is 0.899.